The number of carbonyl (C=O) groups excluding carboxylic acids is 1. The second-order valence-corrected chi connectivity index (χ2v) is 6.21. The Labute approximate surface area is 163 Å². The minimum absolute atomic E-state index is 0.0222. The smallest absolute Gasteiger partial charge is 0.322 e. The number of carboxylic acids is 1. The maximum atomic E-state index is 13.7. The van der Waals surface area contributed by atoms with E-state index in [4.69, 9.17) is 14.6 Å². The summed E-state index contributed by atoms with van der Waals surface area (Å²) in [6, 6.07) is 9.64. The quantitative estimate of drug-likeness (QED) is 0.618. The number of carboxylic acid groups (broad SMARTS) is 1. The standard InChI is InChI=1S/C19H17BrFNO5/c1-26-16-9-12(6-7-17(23)22-10-18(24)25)8-14(20)19(16)27-11-13-4-2-3-5-15(13)21/h2-9H,10-11H2,1H3,(H,22,23)(H,24,25)/b7-6+. The molecule has 0 radical (unpaired) electrons. The molecule has 0 saturated heterocycles. The molecule has 0 unspecified atom stereocenters. The lowest BCUT2D eigenvalue weighted by Gasteiger charge is -2.14. The Morgan fingerprint density at radius 3 is 2.70 bits per heavy atom. The highest BCUT2D eigenvalue weighted by molar-refractivity contribution is 9.10. The fourth-order valence-electron chi connectivity index (χ4n) is 2.14. The predicted octanol–water partition coefficient (Wildman–Crippen LogP) is 3.39. The number of aliphatic carboxylic acids is 1. The van der Waals surface area contributed by atoms with Gasteiger partial charge in [-0.2, -0.15) is 0 Å². The maximum absolute atomic E-state index is 13.7. The lowest BCUT2D eigenvalue weighted by Crippen LogP contribution is -2.27. The van der Waals surface area contributed by atoms with Crippen molar-refractivity contribution in [3.63, 3.8) is 0 Å². The van der Waals surface area contributed by atoms with E-state index < -0.39 is 18.4 Å². The van der Waals surface area contributed by atoms with Gasteiger partial charge in [0.15, 0.2) is 11.5 Å². The minimum Gasteiger partial charge on any atom is -0.493 e. The zero-order valence-electron chi connectivity index (χ0n) is 14.4. The first kappa shape index (κ1) is 20.4. The van der Waals surface area contributed by atoms with Crippen LogP contribution in [-0.2, 0) is 16.2 Å². The van der Waals surface area contributed by atoms with Gasteiger partial charge in [0.25, 0.3) is 0 Å². The molecule has 0 spiro atoms. The van der Waals surface area contributed by atoms with Gasteiger partial charge in [0.05, 0.1) is 11.6 Å². The molecule has 8 heteroatoms. The molecule has 142 valence electrons. The number of ether oxygens (including phenoxy) is 2. The van der Waals surface area contributed by atoms with E-state index in [0.717, 1.165) is 0 Å². The van der Waals surface area contributed by atoms with Crippen molar-refractivity contribution in [3.8, 4) is 11.5 Å². The first-order valence-corrected chi connectivity index (χ1v) is 8.61. The van der Waals surface area contributed by atoms with Crippen molar-refractivity contribution < 1.29 is 28.6 Å². The van der Waals surface area contributed by atoms with Crippen LogP contribution in [0.4, 0.5) is 4.39 Å². The number of nitrogens with one attached hydrogen (secondary N) is 1. The van der Waals surface area contributed by atoms with E-state index in [1.54, 1.807) is 30.3 Å². The minimum atomic E-state index is -1.13. The van der Waals surface area contributed by atoms with Crippen LogP contribution in [-0.4, -0.2) is 30.6 Å². The van der Waals surface area contributed by atoms with Crippen molar-refractivity contribution in [3.05, 3.63) is 63.9 Å². The molecule has 0 fully saturated rings. The lowest BCUT2D eigenvalue weighted by molar-refractivity contribution is -0.137. The van der Waals surface area contributed by atoms with Crippen LogP contribution in [0.5, 0.6) is 11.5 Å². The molecule has 27 heavy (non-hydrogen) atoms. The molecule has 0 saturated carbocycles. The third kappa shape index (κ3) is 6.10. The van der Waals surface area contributed by atoms with E-state index in [1.165, 1.54) is 25.3 Å². The highest BCUT2D eigenvalue weighted by Gasteiger charge is 2.12. The van der Waals surface area contributed by atoms with Gasteiger partial charge in [-0.25, -0.2) is 4.39 Å². The van der Waals surface area contributed by atoms with Gasteiger partial charge in [-0.15, -0.1) is 0 Å². The zero-order valence-corrected chi connectivity index (χ0v) is 16.0. The first-order chi connectivity index (χ1) is 12.9. The number of hydrogen-bond donors (Lipinski definition) is 2. The molecule has 0 heterocycles. The van der Waals surface area contributed by atoms with Gasteiger partial charge in [0, 0.05) is 11.6 Å². The van der Waals surface area contributed by atoms with Crippen LogP contribution in [0.15, 0.2) is 46.9 Å². The van der Waals surface area contributed by atoms with Gasteiger partial charge in [0.2, 0.25) is 5.91 Å². The number of benzene rings is 2. The van der Waals surface area contributed by atoms with E-state index in [0.29, 0.717) is 27.1 Å². The van der Waals surface area contributed by atoms with Crippen LogP contribution in [0.1, 0.15) is 11.1 Å². The van der Waals surface area contributed by atoms with Crippen molar-refractivity contribution in [2.24, 2.45) is 0 Å². The molecule has 0 aliphatic heterocycles. The van der Waals surface area contributed by atoms with E-state index in [2.05, 4.69) is 21.2 Å². The normalized spacial score (nSPS) is 10.6. The molecule has 6 nitrogen and oxygen atoms in total. The zero-order chi connectivity index (χ0) is 19.8. The molecule has 0 bridgehead atoms. The molecule has 2 aromatic carbocycles. The molecule has 0 aromatic heterocycles. The summed E-state index contributed by atoms with van der Waals surface area (Å²) in [7, 11) is 1.46. The summed E-state index contributed by atoms with van der Waals surface area (Å²) >= 11 is 3.38. The first-order valence-electron chi connectivity index (χ1n) is 7.82. The van der Waals surface area contributed by atoms with Crippen LogP contribution >= 0.6 is 15.9 Å². The fraction of sp³-hybridized carbons (Fsp3) is 0.158. The van der Waals surface area contributed by atoms with Crippen LogP contribution in [0.3, 0.4) is 0 Å². The SMILES string of the molecule is COc1cc(/C=C/C(=O)NCC(=O)O)cc(Br)c1OCc1ccccc1F. The molecule has 2 N–H and O–H groups in total. The molecule has 0 aliphatic carbocycles. The Morgan fingerprint density at radius 1 is 1.30 bits per heavy atom. The monoisotopic (exact) mass is 437 g/mol. The second-order valence-electron chi connectivity index (χ2n) is 5.36. The second kappa shape index (κ2) is 9.72. The summed E-state index contributed by atoms with van der Waals surface area (Å²) in [5, 5.41) is 10.8. The number of amides is 1. The Bertz CT molecular complexity index is 869. The number of carbonyl (C=O) groups is 2. The molecule has 2 aromatic rings. The highest BCUT2D eigenvalue weighted by Crippen LogP contribution is 2.37. The van der Waals surface area contributed by atoms with Crippen molar-refractivity contribution in [2.75, 3.05) is 13.7 Å². The highest BCUT2D eigenvalue weighted by atomic mass is 79.9. The molecule has 1 amide bonds. The summed E-state index contributed by atoms with van der Waals surface area (Å²) in [5.41, 5.74) is 1.04. The van der Waals surface area contributed by atoms with E-state index >= 15 is 0 Å². The van der Waals surface area contributed by atoms with Crippen molar-refractivity contribution >= 4 is 33.9 Å². The van der Waals surface area contributed by atoms with Gasteiger partial charge in [0.1, 0.15) is 19.0 Å². The Hall–Kier alpha value is -2.87. The summed E-state index contributed by atoms with van der Waals surface area (Å²) in [4.78, 5) is 22.0. The molecule has 2 rings (SSSR count). The van der Waals surface area contributed by atoms with Crippen molar-refractivity contribution in [1.29, 1.82) is 0 Å². The fourth-order valence-corrected chi connectivity index (χ4v) is 2.71. The van der Waals surface area contributed by atoms with Gasteiger partial charge < -0.3 is 19.9 Å². The number of halogens is 2. The van der Waals surface area contributed by atoms with Gasteiger partial charge in [-0.3, -0.25) is 9.59 Å². The summed E-state index contributed by atoms with van der Waals surface area (Å²) in [6.07, 6.45) is 2.72. The number of hydrogen-bond acceptors (Lipinski definition) is 4. The average Bonchev–Trinajstić information content (AvgIpc) is 2.64. The predicted molar refractivity (Wildman–Crippen MR) is 101 cm³/mol. The van der Waals surface area contributed by atoms with E-state index in [1.807, 2.05) is 0 Å². The summed E-state index contributed by atoms with van der Waals surface area (Å²) < 4.78 is 25.3. The summed E-state index contributed by atoms with van der Waals surface area (Å²) in [6.45, 7) is -0.437. The number of methoxy groups -OCH3 is 1. The Kier molecular flexibility index (Phi) is 7.36. The topological polar surface area (TPSA) is 84.9 Å². The third-order valence-corrected chi connectivity index (χ3v) is 4.01. The molecule has 0 aliphatic rings. The van der Waals surface area contributed by atoms with Crippen molar-refractivity contribution in [2.45, 2.75) is 6.61 Å². The van der Waals surface area contributed by atoms with Gasteiger partial charge in [-0.1, -0.05) is 18.2 Å². The van der Waals surface area contributed by atoms with Crippen LogP contribution < -0.4 is 14.8 Å². The third-order valence-electron chi connectivity index (χ3n) is 3.42. The lowest BCUT2D eigenvalue weighted by atomic mass is 10.2. The van der Waals surface area contributed by atoms with Crippen LogP contribution in [0.2, 0.25) is 0 Å². The molecule has 0 atom stereocenters. The van der Waals surface area contributed by atoms with Crippen LogP contribution in [0.25, 0.3) is 6.08 Å². The number of rotatable bonds is 8. The molecular formula is C19H17BrFNO5. The Morgan fingerprint density at radius 2 is 2.04 bits per heavy atom. The Balaban J connectivity index is 2.13. The summed E-state index contributed by atoms with van der Waals surface area (Å²) in [5.74, 6) is -1.23. The van der Waals surface area contributed by atoms with Crippen LogP contribution in [0, 0.1) is 5.82 Å². The average molecular weight is 438 g/mol. The molecular weight excluding hydrogens is 421 g/mol. The van der Waals surface area contributed by atoms with Gasteiger partial charge in [-0.05, 0) is 45.8 Å². The largest absolute Gasteiger partial charge is 0.493 e. The van der Waals surface area contributed by atoms with Gasteiger partial charge >= 0.3 is 5.97 Å². The van der Waals surface area contributed by atoms with Crippen molar-refractivity contribution in [1.82, 2.24) is 5.32 Å². The van der Waals surface area contributed by atoms with E-state index in [9.17, 15) is 14.0 Å². The van der Waals surface area contributed by atoms with E-state index in [-0.39, 0.29) is 12.4 Å². The maximum Gasteiger partial charge on any atom is 0.322 e.